The summed E-state index contributed by atoms with van der Waals surface area (Å²) >= 11 is 1.62. The molecule has 1 saturated heterocycles. The van der Waals surface area contributed by atoms with Crippen LogP contribution in [-0.4, -0.2) is 29.8 Å². The monoisotopic (exact) mass is 452 g/mol. The predicted octanol–water partition coefficient (Wildman–Crippen LogP) is 6.33. The third-order valence-corrected chi connectivity index (χ3v) is 8.36. The minimum atomic E-state index is -0.142. The Morgan fingerprint density at radius 2 is 1.84 bits per heavy atom. The Bertz CT molecular complexity index is 1000. The van der Waals surface area contributed by atoms with Crippen molar-refractivity contribution in [2.45, 2.75) is 66.7 Å². The Labute approximate surface area is 196 Å². The molecule has 2 aliphatic rings. The predicted molar refractivity (Wildman–Crippen MR) is 133 cm³/mol. The fourth-order valence-electron chi connectivity index (χ4n) is 5.05. The molecule has 2 amide bonds. The number of hydrogen-bond acceptors (Lipinski definition) is 3. The largest absolute Gasteiger partial charge is 0.338 e. The van der Waals surface area contributed by atoms with Crippen LogP contribution in [0, 0.1) is 24.2 Å². The number of fused-ring (bicyclic) bond motifs is 1. The van der Waals surface area contributed by atoms with Gasteiger partial charge in [-0.1, -0.05) is 45.4 Å². The van der Waals surface area contributed by atoms with Crippen LogP contribution in [0.1, 0.15) is 83.7 Å². The van der Waals surface area contributed by atoms with Gasteiger partial charge in [-0.3, -0.25) is 9.59 Å². The van der Waals surface area contributed by atoms with Crippen LogP contribution >= 0.6 is 11.3 Å². The Morgan fingerprint density at radius 3 is 2.50 bits per heavy atom. The number of piperidine rings is 1. The second-order valence-corrected chi connectivity index (χ2v) is 11.9. The lowest BCUT2D eigenvalue weighted by Crippen LogP contribution is -2.39. The van der Waals surface area contributed by atoms with Gasteiger partial charge in [0.15, 0.2) is 0 Å². The normalized spacial score (nSPS) is 21.2. The van der Waals surface area contributed by atoms with E-state index in [4.69, 9.17) is 0 Å². The van der Waals surface area contributed by atoms with Crippen LogP contribution in [-0.2, 0) is 12.8 Å². The van der Waals surface area contributed by atoms with Crippen LogP contribution < -0.4 is 5.32 Å². The minimum absolute atomic E-state index is 0.0995. The number of anilines is 1. The molecular formula is C27H36N2O2S. The highest BCUT2D eigenvalue weighted by Gasteiger charge is 2.35. The van der Waals surface area contributed by atoms with Gasteiger partial charge in [-0.25, -0.2) is 0 Å². The summed E-state index contributed by atoms with van der Waals surface area (Å²) in [6.07, 6.45) is 5.22. The molecule has 0 saturated carbocycles. The van der Waals surface area contributed by atoms with E-state index < -0.39 is 0 Å². The maximum Gasteiger partial charge on any atom is 0.257 e. The Balaban J connectivity index is 1.68. The first-order valence-electron chi connectivity index (χ1n) is 12.0. The number of nitrogens with zero attached hydrogens (tertiary/aromatic N) is 1. The number of amides is 2. The summed E-state index contributed by atoms with van der Waals surface area (Å²) in [4.78, 5) is 30.0. The van der Waals surface area contributed by atoms with E-state index in [1.54, 1.807) is 11.3 Å². The molecule has 172 valence electrons. The highest BCUT2D eigenvalue weighted by atomic mass is 32.1. The van der Waals surface area contributed by atoms with Crippen LogP contribution in [0.15, 0.2) is 24.3 Å². The lowest BCUT2D eigenvalue weighted by molar-refractivity contribution is 0.0683. The summed E-state index contributed by atoms with van der Waals surface area (Å²) in [5, 5.41) is 3.85. The number of aryl methyl sites for hydroxylation is 1. The van der Waals surface area contributed by atoms with E-state index in [0.29, 0.717) is 17.4 Å². The van der Waals surface area contributed by atoms with Crippen molar-refractivity contribution in [1.29, 1.82) is 0 Å². The van der Waals surface area contributed by atoms with E-state index in [1.165, 1.54) is 16.9 Å². The molecule has 1 N–H and O–H groups in total. The molecular weight excluding hydrogens is 416 g/mol. The number of carbonyl (C=O) groups is 2. The quantitative estimate of drug-likeness (QED) is 0.591. The number of hydrogen-bond donors (Lipinski definition) is 1. The molecule has 1 aromatic heterocycles. The Kier molecular flexibility index (Phi) is 6.49. The van der Waals surface area contributed by atoms with Crippen LogP contribution in [0.5, 0.6) is 0 Å². The van der Waals surface area contributed by atoms with Gasteiger partial charge in [-0.2, -0.15) is 0 Å². The first-order chi connectivity index (χ1) is 15.1. The van der Waals surface area contributed by atoms with Gasteiger partial charge in [0, 0.05) is 23.5 Å². The van der Waals surface area contributed by atoms with Crippen molar-refractivity contribution in [1.82, 2.24) is 4.90 Å². The molecule has 0 spiro atoms. The molecule has 2 unspecified atom stereocenters. The second kappa shape index (κ2) is 9.01. The Hall–Kier alpha value is -2.14. The van der Waals surface area contributed by atoms with E-state index >= 15 is 0 Å². The number of rotatable bonds is 3. The first-order valence-corrected chi connectivity index (χ1v) is 12.8. The second-order valence-electron chi connectivity index (χ2n) is 10.8. The number of thiophene rings is 1. The van der Waals surface area contributed by atoms with E-state index in [0.717, 1.165) is 54.9 Å². The third kappa shape index (κ3) is 4.78. The lowest BCUT2D eigenvalue weighted by Gasteiger charge is -2.34. The molecule has 1 fully saturated rings. The number of likely N-dealkylation sites (tertiary alicyclic amines) is 1. The fraction of sp³-hybridized carbons (Fsp3) is 0.556. The highest BCUT2D eigenvalue weighted by Crippen LogP contribution is 2.45. The number of benzene rings is 1. The Morgan fingerprint density at radius 1 is 1.12 bits per heavy atom. The standard InChI is InChI=1S/C27H36N2O2S/c1-17-8-10-19(11-9-17)24(30)28-25-23(26(31)29-14-6-7-18(2)16-29)21-13-12-20(27(3,4)5)15-22(21)32-25/h8-11,18,20H,6-7,12-16H2,1-5H3,(H,28,30). The van der Waals surface area contributed by atoms with Gasteiger partial charge >= 0.3 is 0 Å². The molecule has 0 bridgehead atoms. The maximum absolute atomic E-state index is 13.7. The van der Waals surface area contributed by atoms with E-state index in [1.807, 2.05) is 36.1 Å². The fourth-order valence-corrected chi connectivity index (χ4v) is 6.37. The molecule has 2 heterocycles. The summed E-state index contributed by atoms with van der Waals surface area (Å²) < 4.78 is 0. The average Bonchev–Trinajstić information content (AvgIpc) is 3.10. The molecule has 0 radical (unpaired) electrons. The van der Waals surface area contributed by atoms with Crippen molar-refractivity contribution < 1.29 is 9.59 Å². The summed E-state index contributed by atoms with van der Waals surface area (Å²) in [6, 6.07) is 7.59. The molecule has 1 aliphatic heterocycles. The van der Waals surface area contributed by atoms with E-state index in [2.05, 4.69) is 33.0 Å². The number of nitrogens with one attached hydrogen (secondary N) is 1. The van der Waals surface area contributed by atoms with E-state index in [-0.39, 0.29) is 17.2 Å². The van der Waals surface area contributed by atoms with Gasteiger partial charge in [-0.05, 0) is 74.0 Å². The zero-order valence-electron chi connectivity index (χ0n) is 20.1. The molecule has 5 heteroatoms. The zero-order valence-corrected chi connectivity index (χ0v) is 20.9. The molecule has 4 rings (SSSR count). The molecule has 1 aromatic carbocycles. The summed E-state index contributed by atoms with van der Waals surface area (Å²) in [5.74, 6) is 1.07. The first kappa shape index (κ1) is 23.0. The molecule has 1 aliphatic carbocycles. The van der Waals surface area contributed by atoms with Gasteiger partial charge in [0.1, 0.15) is 5.00 Å². The smallest absolute Gasteiger partial charge is 0.257 e. The van der Waals surface area contributed by atoms with Crippen LogP contribution in [0.4, 0.5) is 5.00 Å². The maximum atomic E-state index is 13.7. The van der Waals surface area contributed by atoms with Crippen molar-refractivity contribution in [3.63, 3.8) is 0 Å². The minimum Gasteiger partial charge on any atom is -0.338 e. The van der Waals surface area contributed by atoms with Gasteiger partial charge in [0.25, 0.3) is 11.8 Å². The molecule has 32 heavy (non-hydrogen) atoms. The molecule has 4 nitrogen and oxygen atoms in total. The summed E-state index contributed by atoms with van der Waals surface area (Å²) in [6.45, 7) is 12.8. The third-order valence-electron chi connectivity index (χ3n) is 7.19. The topological polar surface area (TPSA) is 49.4 Å². The average molecular weight is 453 g/mol. The van der Waals surface area contributed by atoms with E-state index in [9.17, 15) is 9.59 Å². The van der Waals surface area contributed by atoms with Crippen LogP contribution in [0.3, 0.4) is 0 Å². The summed E-state index contributed by atoms with van der Waals surface area (Å²) in [5.41, 5.74) is 3.92. The number of carbonyl (C=O) groups excluding carboxylic acids is 2. The van der Waals surface area contributed by atoms with Crippen molar-refractivity contribution in [3.05, 3.63) is 51.4 Å². The molecule has 2 atom stereocenters. The lowest BCUT2D eigenvalue weighted by atomic mass is 9.72. The van der Waals surface area contributed by atoms with Crippen LogP contribution in [0.25, 0.3) is 0 Å². The zero-order chi connectivity index (χ0) is 23.0. The molecule has 2 aromatic rings. The van der Waals surface area contributed by atoms with Crippen molar-refractivity contribution in [2.75, 3.05) is 18.4 Å². The summed E-state index contributed by atoms with van der Waals surface area (Å²) in [7, 11) is 0. The van der Waals surface area contributed by atoms with Gasteiger partial charge in [-0.15, -0.1) is 11.3 Å². The van der Waals surface area contributed by atoms with Crippen molar-refractivity contribution in [2.24, 2.45) is 17.3 Å². The van der Waals surface area contributed by atoms with Crippen molar-refractivity contribution >= 4 is 28.2 Å². The SMILES string of the molecule is Cc1ccc(C(=O)Nc2sc3c(c2C(=O)N2CCCC(C)C2)CCC(C(C)(C)C)C3)cc1. The van der Waals surface area contributed by atoms with Crippen molar-refractivity contribution in [3.8, 4) is 0 Å². The van der Waals surface area contributed by atoms with Gasteiger partial charge in [0.05, 0.1) is 5.56 Å². The van der Waals surface area contributed by atoms with Gasteiger partial charge in [0.2, 0.25) is 0 Å². The van der Waals surface area contributed by atoms with Gasteiger partial charge < -0.3 is 10.2 Å². The highest BCUT2D eigenvalue weighted by molar-refractivity contribution is 7.17. The van der Waals surface area contributed by atoms with Crippen LogP contribution in [0.2, 0.25) is 0 Å².